The minimum absolute atomic E-state index is 0.120. The van der Waals surface area contributed by atoms with Gasteiger partial charge in [-0.15, -0.1) is 0 Å². The Labute approximate surface area is 113 Å². The lowest BCUT2D eigenvalue weighted by atomic mass is 9.98. The summed E-state index contributed by atoms with van der Waals surface area (Å²) in [6.07, 6.45) is 4.23. The van der Waals surface area contributed by atoms with Gasteiger partial charge in [0.1, 0.15) is 5.75 Å². The van der Waals surface area contributed by atoms with Gasteiger partial charge < -0.3 is 4.74 Å². The molecule has 5 heteroatoms. The number of methoxy groups -OCH3 is 1. The Kier molecular flexibility index (Phi) is 3.27. The molecule has 2 aliphatic carbocycles. The molecule has 0 aromatic heterocycles. The second kappa shape index (κ2) is 4.80. The monoisotopic (exact) mass is 282 g/mol. The van der Waals surface area contributed by atoms with Gasteiger partial charge >= 0.3 is 0 Å². The second-order valence-corrected chi connectivity index (χ2v) is 7.01. The predicted octanol–water partition coefficient (Wildman–Crippen LogP) is 2.59. The highest BCUT2D eigenvalue weighted by Crippen LogP contribution is 2.46. The molecular weight excluding hydrogens is 264 g/mol. The minimum Gasteiger partial charge on any atom is -0.497 e. The normalized spacial score (nSPS) is 29.6. The molecule has 0 radical (unpaired) electrons. The molecule has 1 aromatic rings. The Balaban J connectivity index is 1.75. The lowest BCUT2D eigenvalue weighted by Gasteiger charge is -2.21. The summed E-state index contributed by atoms with van der Waals surface area (Å²) < 4.78 is 34.8. The minimum atomic E-state index is -3.65. The summed E-state index contributed by atoms with van der Waals surface area (Å²) in [7, 11) is -2.10. The van der Waals surface area contributed by atoms with Crippen molar-refractivity contribution in [1.29, 1.82) is 0 Å². The number of rotatable bonds is 4. The predicted molar refractivity (Wildman–Crippen MR) is 70.5 cm³/mol. The van der Waals surface area contributed by atoms with Gasteiger partial charge in [0.15, 0.2) is 0 Å². The molecule has 19 heavy (non-hydrogen) atoms. The molecule has 0 spiro atoms. The van der Waals surface area contributed by atoms with Gasteiger partial charge in [0.2, 0.25) is 0 Å². The molecule has 2 bridgehead atoms. The summed E-state index contributed by atoms with van der Waals surface area (Å²) in [6.45, 7) is 0. The van der Waals surface area contributed by atoms with Crippen molar-refractivity contribution in [1.82, 2.24) is 0 Å². The molecule has 1 aromatic carbocycles. The van der Waals surface area contributed by atoms with Crippen LogP contribution in [0.1, 0.15) is 25.7 Å². The highest BCUT2D eigenvalue weighted by molar-refractivity contribution is 7.86. The highest BCUT2D eigenvalue weighted by atomic mass is 32.2. The fourth-order valence-electron chi connectivity index (χ4n) is 3.26. The van der Waals surface area contributed by atoms with Gasteiger partial charge in [-0.05, 0) is 61.8 Å². The molecule has 3 atom stereocenters. The van der Waals surface area contributed by atoms with E-state index in [1.54, 1.807) is 19.2 Å². The van der Waals surface area contributed by atoms with E-state index in [9.17, 15) is 8.42 Å². The smallest absolute Gasteiger partial charge is 0.297 e. The number of fused-ring (bicyclic) bond motifs is 2. The van der Waals surface area contributed by atoms with Gasteiger partial charge in [-0.25, -0.2) is 0 Å². The van der Waals surface area contributed by atoms with Crippen LogP contribution in [0.4, 0.5) is 0 Å². The molecule has 0 N–H and O–H groups in total. The average Bonchev–Trinajstić information content (AvgIpc) is 3.00. The van der Waals surface area contributed by atoms with Crippen LogP contribution in [-0.2, 0) is 14.3 Å². The van der Waals surface area contributed by atoms with Crippen LogP contribution in [0.3, 0.4) is 0 Å². The van der Waals surface area contributed by atoms with Crippen LogP contribution in [0.15, 0.2) is 29.2 Å². The summed E-state index contributed by atoms with van der Waals surface area (Å²) in [5.74, 6) is 1.73. The molecule has 4 nitrogen and oxygen atoms in total. The maximum Gasteiger partial charge on any atom is 0.297 e. The second-order valence-electron chi connectivity index (χ2n) is 5.44. The van der Waals surface area contributed by atoms with Crippen molar-refractivity contribution in [3.63, 3.8) is 0 Å². The molecule has 0 saturated heterocycles. The maximum absolute atomic E-state index is 12.2. The molecule has 0 aliphatic heterocycles. The van der Waals surface area contributed by atoms with E-state index in [0.717, 1.165) is 19.3 Å². The summed E-state index contributed by atoms with van der Waals surface area (Å²) in [6, 6.07) is 6.33. The average molecular weight is 282 g/mol. The molecule has 2 fully saturated rings. The first kappa shape index (κ1) is 12.9. The van der Waals surface area contributed by atoms with Crippen molar-refractivity contribution in [2.75, 3.05) is 7.11 Å². The number of ether oxygens (including phenoxy) is 1. The molecule has 104 valence electrons. The van der Waals surface area contributed by atoms with Crippen LogP contribution >= 0.6 is 0 Å². The van der Waals surface area contributed by atoms with Crippen molar-refractivity contribution in [2.24, 2.45) is 11.8 Å². The number of hydrogen-bond donors (Lipinski definition) is 0. The Hall–Kier alpha value is -1.07. The summed E-state index contributed by atoms with van der Waals surface area (Å²) in [4.78, 5) is 0.205. The zero-order valence-electron chi connectivity index (χ0n) is 10.9. The van der Waals surface area contributed by atoms with Gasteiger partial charge in [0.05, 0.1) is 18.1 Å². The first-order chi connectivity index (χ1) is 9.08. The molecule has 0 unspecified atom stereocenters. The van der Waals surface area contributed by atoms with Gasteiger partial charge in [0.25, 0.3) is 10.1 Å². The Morgan fingerprint density at radius 2 is 1.84 bits per heavy atom. The number of benzene rings is 1. The fourth-order valence-corrected chi connectivity index (χ4v) is 4.41. The van der Waals surface area contributed by atoms with Crippen LogP contribution in [0.2, 0.25) is 0 Å². The third-order valence-corrected chi connectivity index (χ3v) is 5.62. The number of hydrogen-bond acceptors (Lipinski definition) is 4. The summed E-state index contributed by atoms with van der Waals surface area (Å²) in [5.41, 5.74) is 0. The van der Waals surface area contributed by atoms with Gasteiger partial charge in [-0.1, -0.05) is 0 Å². The van der Waals surface area contributed by atoms with Gasteiger partial charge in [-0.3, -0.25) is 4.18 Å². The SMILES string of the molecule is COc1ccc(S(=O)(=O)O[C@H]2C[C@@H]3CC[C@H]2C3)cc1. The molecule has 2 aliphatic rings. The van der Waals surface area contributed by atoms with E-state index in [1.807, 2.05) is 0 Å². The molecule has 3 rings (SSSR count). The zero-order valence-corrected chi connectivity index (χ0v) is 11.7. The molecular formula is C14H18O4S. The highest BCUT2D eigenvalue weighted by Gasteiger charge is 2.42. The van der Waals surface area contributed by atoms with Crippen LogP contribution in [0.5, 0.6) is 5.75 Å². The van der Waals surface area contributed by atoms with E-state index in [2.05, 4.69) is 0 Å². The van der Waals surface area contributed by atoms with E-state index in [1.165, 1.54) is 18.6 Å². The molecule has 0 amide bonds. The van der Waals surface area contributed by atoms with E-state index >= 15 is 0 Å². The first-order valence-corrected chi connectivity index (χ1v) is 8.06. The molecule has 0 heterocycles. The van der Waals surface area contributed by atoms with Crippen molar-refractivity contribution in [3.05, 3.63) is 24.3 Å². The first-order valence-electron chi connectivity index (χ1n) is 6.66. The van der Waals surface area contributed by atoms with Crippen molar-refractivity contribution < 1.29 is 17.3 Å². The van der Waals surface area contributed by atoms with Crippen molar-refractivity contribution >= 4 is 10.1 Å². The van der Waals surface area contributed by atoms with Crippen LogP contribution in [0.25, 0.3) is 0 Å². The van der Waals surface area contributed by atoms with Crippen molar-refractivity contribution in [3.8, 4) is 5.75 Å². The topological polar surface area (TPSA) is 52.6 Å². The van der Waals surface area contributed by atoms with E-state index in [4.69, 9.17) is 8.92 Å². The van der Waals surface area contributed by atoms with Crippen molar-refractivity contribution in [2.45, 2.75) is 36.7 Å². The van der Waals surface area contributed by atoms with Gasteiger partial charge in [-0.2, -0.15) is 8.42 Å². The summed E-state index contributed by atoms with van der Waals surface area (Å²) in [5, 5.41) is 0. The van der Waals surface area contributed by atoms with E-state index in [0.29, 0.717) is 17.6 Å². The Morgan fingerprint density at radius 1 is 1.11 bits per heavy atom. The molecule has 2 saturated carbocycles. The Morgan fingerprint density at radius 3 is 2.37 bits per heavy atom. The summed E-state index contributed by atoms with van der Waals surface area (Å²) >= 11 is 0. The van der Waals surface area contributed by atoms with Crippen LogP contribution in [0, 0.1) is 11.8 Å². The quantitative estimate of drug-likeness (QED) is 0.797. The van der Waals surface area contributed by atoms with E-state index < -0.39 is 10.1 Å². The third kappa shape index (κ3) is 2.49. The van der Waals surface area contributed by atoms with Gasteiger partial charge in [0, 0.05) is 0 Å². The third-order valence-electron chi connectivity index (χ3n) is 4.27. The zero-order chi connectivity index (χ0) is 13.5. The Bertz CT molecular complexity index is 549. The lowest BCUT2D eigenvalue weighted by molar-refractivity contribution is 0.145. The fraction of sp³-hybridized carbons (Fsp3) is 0.571. The largest absolute Gasteiger partial charge is 0.497 e. The maximum atomic E-state index is 12.2. The lowest BCUT2D eigenvalue weighted by Crippen LogP contribution is -2.24. The van der Waals surface area contributed by atoms with Crippen LogP contribution in [-0.4, -0.2) is 21.6 Å². The van der Waals surface area contributed by atoms with Crippen LogP contribution < -0.4 is 4.74 Å². The van der Waals surface area contributed by atoms with E-state index in [-0.39, 0.29) is 11.0 Å². The standard InChI is InChI=1S/C14H18O4S/c1-17-12-4-6-13(7-5-12)19(15,16)18-14-9-10-2-3-11(14)8-10/h4-7,10-11,14H,2-3,8-9H2,1H3/t10-,11+,14+/m1/s1.